The number of hydrogen-bond acceptors (Lipinski definition) is 9. The SMILES string of the molecule is CCOC(=O)CCN1C2CCC1CN(c1ccc(Oc3cc(CN4CCC(CNC(C)=O)CC4)cc(-c4cc(Cl)cc(Cl)c4)n3)cn1)C2. The largest absolute Gasteiger partial charge is 0.466 e. The van der Waals surface area contributed by atoms with Crippen LogP contribution >= 0.6 is 23.2 Å². The lowest BCUT2D eigenvalue weighted by Gasteiger charge is -2.41. The fourth-order valence-corrected chi connectivity index (χ4v) is 7.71. The lowest BCUT2D eigenvalue weighted by molar-refractivity contribution is -0.143. The van der Waals surface area contributed by atoms with E-state index in [0.717, 1.165) is 94.1 Å². The van der Waals surface area contributed by atoms with Gasteiger partial charge in [-0.2, -0.15) is 0 Å². The summed E-state index contributed by atoms with van der Waals surface area (Å²) < 4.78 is 11.5. The van der Waals surface area contributed by atoms with Crippen molar-refractivity contribution in [3.8, 4) is 22.9 Å². The van der Waals surface area contributed by atoms with Crippen molar-refractivity contribution in [2.24, 2.45) is 5.92 Å². The van der Waals surface area contributed by atoms with Gasteiger partial charge in [-0.1, -0.05) is 23.2 Å². The molecule has 10 nitrogen and oxygen atoms in total. The Morgan fingerprint density at radius 3 is 2.35 bits per heavy atom. The second kappa shape index (κ2) is 15.8. The second-order valence-corrected chi connectivity index (χ2v) is 13.9. The van der Waals surface area contributed by atoms with Crippen molar-refractivity contribution in [3.05, 3.63) is 64.3 Å². The van der Waals surface area contributed by atoms with E-state index in [4.69, 9.17) is 42.6 Å². The summed E-state index contributed by atoms with van der Waals surface area (Å²) in [4.78, 5) is 40.2. The van der Waals surface area contributed by atoms with Gasteiger partial charge >= 0.3 is 5.97 Å². The van der Waals surface area contributed by atoms with Gasteiger partial charge in [0.2, 0.25) is 11.8 Å². The second-order valence-electron chi connectivity index (χ2n) is 13.1. The van der Waals surface area contributed by atoms with Gasteiger partial charge in [-0.3, -0.25) is 19.4 Å². The number of piperazine rings is 1. The number of rotatable bonds is 12. The molecule has 6 rings (SSSR count). The molecular weight excluding hydrogens is 651 g/mol. The van der Waals surface area contributed by atoms with Crippen molar-refractivity contribution in [1.29, 1.82) is 0 Å². The molecular formula is C36H44Cl2N6O4. The summed E-state index contributed by atoms with van der Waals surface area (Å²) in [5, 5.41) is 4.05. The number of halogens is 2. The van der Waals surface area contributed by atoms with E-state index in [1.807, 2.05) is 37.3 Å². The maximum absolute atomic E-state index is 11.9. The topological polar surface area (TPSA) is 100 Å². The van der Waals surface area contributed by atoms with Crippen molar-refractivity contribution in [3.63, 3.8) is 0 Å². The highest BCUT2D eigenvalue weighted by Gasteiger charge is 2.40. The maximum Gasteiger partial charge on any atom is 0.307 e. The Hall–Kier alpha value is -3.44. The molecule has 1 amide bonds. The highest BCUT2D eigenvalue weighted by Crippen LogP contribution is 2.34. The number of carbonyl (C=O) groups is 2. The lowest BCUT2D eigenvalue weighted by Crippen LogP contribution is -2.54. The van der Waals surface area contributed by atoms with E-state index in [2.05, 4.69) is 26.1 Å². The molecule has 2 aromatic heterocycles. The molecule has 2 atom stereocenters. The molecule has 5 heterocycles. The molecule has 1 N–H and O–H groups in total. The minimum absolute atomic E-state index is 0.0226. The number of aromatic nitrogens is 2. The van der Waals surface area contributed by atoms with E-state index in [1.54, 1.807) is 19.2 Å². The van der Waals surface area contributed by atoms with Crippen LogP contribution in [0, 0.1) is 5.92 Å². The average molecular weight is 696 g/mol. The number of piperidine rings is 1. The van der Waals surface area contributed by atoms with Crippen molar-refractivity contribution >= 4 is 40.9 Å². The quantitative estimate of drug-likeness (QED) is 0.222. The van der Waals surface area contributed by atoms with Crippen molar-refractivity contribution in [1.82, 2.24) is 25.1 Å². The fourth-order valence-electron chi connectivity index (χ4n) is 7.18. The number of ether oxygens (including phenoxy) is 2. The molecule has 3 aliphatic heterocycles. The van der Waals surface area contributed by atoms with E-state index >= 15 is 0 Å². The Balaban J connectivity index is 1.13. The third kappa shape index (κ3) is 8.96. The van der Waals surface area contributed by atoms with E-state index in [9.17, 15) is 9.59 Å². The summed E-state index contributed by atoms with van der Waals surface area (Å²) >= 11 is 12.7. The van der Waals surface area contributed by atoms with Crippen LogP contribution in [0.25, 0.3) is 11.3 Å². The first-order chi connectivity index (χ1) is 23.2. The molecule has 3 aliphatic rings. The number of nitrogens with one attached hydrogen (secondary N) is 1. The highest BCUT2D eigenvalue weighted by atomic mass is 35.5. The molecule has 12 heteroatoms. The normalized spacial score (nSPS) is 20.1. The number of esters is 1. The van der Waals surface area contributed by atoms with Crippen LogP contribution < -0.4 is 15.0 Å². The summed E-state index contributed by atoms with van der Waals surface area (Å²) in [7, 11) is 0. The third-order valence-corrected chi connectivity index (χ3v) is 9.99. The minimum Gasteiger partial charge on any atom is -0.466 e. The van der Waals surface area contributed by atoms with Crippen LogP contribution in [-0.4, -0.2) is 89.6 Å². The molecule has 0 aliphatic carbocycles. The number of likely N-dealkylation sites (tertiary alicyclic amines) is 1. The van der Waals surface area contributed by atoms with Gasteiger partial charge in [0.05, 0.1) is 24.9 Å². The average Bonchev–Trinajstić information content (AvgIpc) is 3.29. The van der Waals surface area contributed by atoms with Crippen LogP contribution in [0.1, 0.15) is 51.5 Å². The monoisotopic (exact) mass is 694 g/mol. The molecule has 0 saturated carbocycles. The van der Waals surface area contributed by atoms with E-state index in [0.29, 0.717) is 52.7 Å². The minimum atomic E-state index is -0.125. The van der Waals surface area contributed by atoms with E-state index in [-0.39, 0.29) is 11.9 Å². The maximum atomic E-state index is 11.9. The molecule has 0 radical (unpaired) electrons. The fraction of sp³-hybridized carbons (Fsp3) is 0.500. The first kappa shape index (κ1) is 34.4. The number of amides is 1. The summed E-state index contributed by atoms with van der Waals surface area (Å²) in [6.45, 7) is 9.73. The molecule has 3 aromatic rings. The Kier molecular flexibility index (Phi) is 11.4. The molecule has 3 saturated heterocycles. The molecule has 48 heavy (non-hydrogen) atoms. The molecule has 3 fully saturated rings. The number of benzene rings is 1. The summed E-state index contributed by atoms with van der Waals surface area (Å²) in [6, 6.07) is 14.3. The molecule has 1 aromatic carbocycles. The zero-order chi connectivity index (χ0) is 33.6. The zero-order valence-corrected chi connectivity index (χ0v) is 29.2. The Morgan fingerprint density at radius 1 is 0.979 bits per heavy atom. The van der Waals surface area contributed by atoms with E-state index < -0.39 is 0 Å². The Morgan fingerprint density at radius 2 is 1.71 bits per heavy atom. The number of carbonyl (C=O) groups excluding carboxylic acids is 2. The van der Waals surface area contributed by atoms with Crippen LogP contribution in [0.2, 0.25) is 10.0 Å². The number of nitrogens with zero attached hydrogens (tertiary/aromatic N) is 5. The van der Waals surface area contributed by atoms with Gasteiger partial charge < -0.3 is 19.7 Å². The number of fused-ring (bicyclic) bond motifs is 2. The predicted octanol–water partition coefficient (Wildman–Crippen LogP) is 6.20. The molecule has 0 spiro atoms. The van der Waals surface area contributed by atoms with Crippen LogP contribution in [0.15, 0.2) is 48.7 Å². The lowest BCUT2D eigenvalue weighted by atomic mass is 9.96. The smallest absolute Gasteiger partial charge is 0.307 e. The third-order valence-electron chi connectivity index (χ3n) is 9.55. The van der Waals surface area contributed by atoms with E-state index in [1.165, 1.54) is 0 Å². The number of pyridine rings is 2. The molecule has 2 unspecified atom stereocenters. The predicted molar refractivity (Wildman–Crippen MR) is 188 cm³/mol. The first-order valence-corrected chi connectivity index (χ1v) is 17.7. The van der Waals surface area contributed by atoms with Crippen molar-refractivity contribution in [2.45, 2.75) is 64.6 Å². The van der Waals surface area contributed by atoms with Gasteiger partial charge in [0.25, 0.3) is 0 Å². The van der Waals surface area contributed by atoms with Gasteiger partial charge in [0, 0.05) is 73.4 Å². The summed E-state index contributed by atoms with van der Waals surface area (Å²) in [6.07, 6.45) is 6.52. The van der Waals surface area contributed by atoms with Gasteiger partial charge in [-0.05, 0) is 93.6 Å². The standard InChI is InChI=1S/C36H44Cl2N6O4/c1-3-47-36(46)10-13-44-30-4-5-31(44)23-43(22-30)34-7-6-32(20-40-34)48-35-15-26(14-33(41-35)27-16-28(37)18-29(38)17-27)21-42-11-8-25(9-12-42)19-39-24(2)45/h6-7,14-18,20,25,30-31H,3-5,8-13,19,21-23H2,1-2H3,(H,39,45). The molecule has 256 valence electrons. The Bertz CT molecular complexity index is 1550. The summed E-state index contributed by atoms with van der Waals surface area (Å²) in [5.74, 6) is 2.39. The molecule has 2 bridgehead atoms. The van der Waals surface area contributed by atoms with Crippen molar-refractivity contribution < 1.29 is 19.1 Å². The zero-order valence-electron chi connectivity index (χ0n) is 27.7. The highest BCUT2D eigenvalue weighted by molar-refractivity contribution is 6.35. The summed E-state index contributed by atoms with van der Waals surface area (Å²) in [5.41, 5.74) is 2.62. The van der Waals surface area contributed by atoms with Gasteiger partial charge in [0.15, 0.2) is 0 Å². The number of hydrogen-bond donors (Lipinski definition) is 1. The Labute approximate surface area is 292 Å². The first-order valence-electron chi connectivity index (χ1n) is 17.0. The van der Waals surface area contributed by atoms with Crippen molar-refractivity contribution in [2.75, 3.05) is 50.8 Å². The number of anilines is 1. The van der Waals surface area contributed by atoms with Gasteiger partial charge in [-0.15, -0.1) is 0 Å². The van der Waals surface area contributed by atoms with Crippen LogP contribution in [-0.2, 0) is 20.9 Å². The van der Waals surface area contributed by atoms with Crippen LogP contribution in [0.5, 0.6) is 11.6 Å². The van der Waals surface area contributed by atoms with Crippen LogP contribution in [0.4, 0.5) is 5.82 Å². The van der Waals surface area contributed by atoms with Gasteiger partial charge in [-0.25, -0.2) is 9.97 Å². The van der Waals surface area contributed by atoms with Crippen LogP contribution in [0.3, 0.4) is 0 Å². The van der Waals surface area contributed by atoms with Gasteiger partial charge in [0.1, 0.15) is 11.6 Å².